The highest BCUT2D eigenvalue weighted by molar-refractivity contribution is 5.65. The molecule has 2 aromatic carbocycles. The summed E-state index contributed by atoms with van der Waals surface area (Å²) in [6.07, 6.45) is 3.67. The second-order valence-corrected chi connectivity index (χ2v) is 8.28. The first-order valence-electron chi connectivity index (χ1n) is 11.0. The molecular formula is C25H30FN3O2. The van der Waals surface area contributed by atoms with Crippen molar-refractivity contribution < 1.29 is 14.2 Å². The van der Waals surface area contributed by atoms with Crippen LogP contribution < -0.4 is 4.74 Å². The summed E-state index contributed by atoms with van der Waals surface area (Å²) in [5.74, 6) is 0.694. The second kappa shape index (κ2) is 9.62. The zero-order chi connectivity index (χ0) is 21.8. The third-order valence-corrected chi connectivity index (χ3v) is 5.64. The van der Waals surface area contributed by atoms with Gasteiger partial charge in [-0.2, -0.15) is 5.10 Å². The van der Waals surface area contributed by atoms with Gasteiger partial charge in [0.05, 0.1) is 11.7 Å². The Balaban J connectivity index is 1.70. The van der Waals surface area contributed by atoms with Crippen molar-refractivity contribution in [2.75, 3.05) is 6.54 Å². The Hall–Kier alpha value is -2.70. The van der Waals surface area contributed by atoms with Gasteiger partial charge in [0.25, 0.3) is 0 Å². The number of aromatic nitrogens is 2. The molecule has 4 rings (SSSR count). The van der Waals surface area contributed by atoms with E-state index >= 15 is 0 Å². The Morgan fingerprint density at radius 1 is 1.19 bits per heavy atom. The number of hydrogen-bond donors (Lipinski definition) is 1. The molecule has 31 heavy (non-hydrogen) atoms. The minimum atomic E-state index is -0.352. The molecule has 5 nitrogen and oxygen atoms in total. The normalized spacial score (nSPS) is 14.7. The molecule has 164 valence electrons. The van der Waals surface area contributed by atoms with Crippen LogP contribution in [-0.4, -0.2) is 38.5 Å². The number of benzene rings is 2. The van der Waals surface area contributed by atoms with Crippen molar-refractivity contribution in [1.29, 1.82) is 0 Å². The van der Waals surface area contributed by atoms with E-state index < -0.39 is 0 Å². The lowest BCUT2D eigenvalue weighted by atomic mass is 10.1. The van der Waals surface area contributed by atoms with Gasteiger partial charge in [-0.25, -0.2) is 9.07 Å². The van der Waals surface area contributed by atoms with Gasteiger partial charge in [-0.05, 0) is 31.4 Å². The van der Waals surface area contributed by atoms with Crippen molar-refractivity contribution >= 4 is 0 Å². The summed E-state index contributed by atoms with van der Waals surface area (Å²) in [6.45, 7) is 3.33. The van der Waals surface area contributed by atoms with Crippen molar-refractivity contribution in [2.45, 2.75) is 51.3 Å². The fourth-order valence-electron chi connectivity index (χ4n) is 3.97. The van der Waals surface area contributed by atoms with Gasteiger partial charge in [-0.3, -0.25) is 4.90 Å². The minimum absolute atomic E-state index is 0.341. The highest BCUT2D eigenvalue weighted by Crippen LogP contribution is 2.37. The first kappa shape index (κ1) is 21.5. The molecule has 0 spiro atoms. The number of aliphatic hydroxyl groups is 1. The smallest absolute Gasteiger partial charge is 0.222 e. The summed E-state index contributed by atoms with van der Waals surface area (Å²) in [5.41, 5.74) is 2.81. The zero-order valence-electron chi connectivity index (χ0n) is 18.2. The monoisotopic (exact) mass is 423 g/mol. The molecule has 1 N–H and O–H groups in total. The van der Waals surface area contributed by atoms with Crippen LogP contribution in [-0.2, 0) is 13.6 Å². The molecule has 1 aromatic heterocycles. The Morgan fingerprint density at radius 2 is 1.97 bits per heavy atom. The molecule has 1 atom stereocenters. The number of halogens is 1. The SMILES string of the molecule is CCC[C@H](O)CN(Cc1c(-c2ccccc2)nn(C)c1Oc1cccc(F)c1)C1CC1. The topological polar surface area (TPSA) is 50.5 Å². The van der Waals surface area contributed by atoms with Gasteiger partial charge in [0.1, 0.15) is 17.3 Å². The molecule has 3 aromatic rings. The van der Waals surface area contributed by atoms with Crippen LogP contribution >= 0.6 is 0 Å². The third-order valence-electron chi connectivity index (χ3n) is 5.64. The van der Waals surface area contributed by atoms with Gasteiger partial charge < -0.3 is 9.84 Å². The van der Waals surface area contributed by atoms with Gasteiger partial charge in [0.15, 0.2) is 0 Å². The van der Waals surface area contributed by atoms with Crippen molar-refractivity contribution in [3.8, 4) is 22.9 Å². The first-order chi connectivity index (χ1) is 15.0. The highest BCUT2D eigenvalue weighted by Gasteiger charge is 2.32. The molecule has 1 fully saturated rings. The molecule has 1 saturated carbocycles. The second-order valence-electron chi connectivity index (χ2n) is 8.28. The molecule has 0 bridgehead atoms. The van der Waals surface area contributed by atoms with Crippen molar-refractivity contribution in [1.82, 2.24) is 14.7 Å². The van der Waals surface area contributed by atoms with Crippen LogP contribution in [0, 0.1) is 5.82 Å². The summed E-state index contributed by atoms with van der Waals surface area (Å²) in [6, 6.07) is 16.7. The number of aliphatic hydroxyl groups excluding tert-OH is 1. The molecule has 0 unspecified atom stereocenters. The molecule has 0 aliphatic heterocycles. The van der Waals surface area contributed by atoms with E-state index in [2.05, 4.69) is 11.8 Å². The van der Waals surface area contributed by atoms with Gasteiger partial charge >= 0.3 is 0 Å². The predicted molar refractivity (Wildman–Crippen MR) is 119 cm³/mol. The molecule has 1 aliphatic carbocycles. The molecule has 6 heteroatoms. The number of hydrogen-bond acceptors (Lipinski definition) is 4. The van der Waals surface area contributed by atoms with Crippen LogP contribution in [0.25, 0.3) is 11.3 Å². The lowest BCUT2D eigenvalue weighted by Crippen LogP contribution is -2.34. The Labute approximate surface area is 183 Å². The van der Waals surface area contributed by atoms with Crippen molar-refractivity contribution in [2.24, 2.45) is 7.05 Å². The fraction of sp³-hybridized carbons (Fsp3) is 0.400. The standard InChI is InChI=1S/C25H30FN3O2/c1-3-8-21(30)16-29(20-13-14-20)17-23-24(18-9-5-4-6-10-18)27-28(2)25(23)31-22-12-7-11-19(26)15-22/h4-7,9-12,15,20-21,30H,3,8,13-14,16-17H2,1-2H3/t21-/m0/s1. The molecule has 1 aliphatic rings. The van der Waals surface area contributed by atoms with Crippen LogP contribution in [0.3, 0.4) is 0 Å². The van der Waals surface area contributed by atoms with E-state index in [0.717, 1.165) is 42.5 Å². The lowest BCUT2D eigenvalue weighted by molar-refractivity contribution is 0.0963. The predicted octanol–water partition coefficient (Wildman–Crippen LogP) is 5.14. The summed E-state index contributed by atoms with van der Waals surface area (Å²) < 4.78 is 21.6. The van der Waals surface area contributed by atoms with E-state index in [1.54, 1.807) is 16.8 Å². The number of rotatable bonds is 10. The summed E-state index contributed by atoms with van der Waals surface area (Å²) in [7, 11) is 1.85. The van der Waals surface area contributed by atoms with Gasteiger partial charge in [-0.1, -0.05) is 49.7 Å². The van der Waals surface area contributed by atoms with Crippen LogP contribution in [0.5, 0.6) is 11.6 Å². The van der Waals surface area contributed by atoms with E-state index in [-0.39, 0.29) is 11.9 Å². The highest BCUT2D eigenvalue weighted by atomic mass is 19.1. The number of ether oxygens (including phenoxy) is 1. The van der Waals surface area contributed by atoms with E-state index in [1.165, 1.54) is 12.1 Å². The minimum Gasteiger partial charge on any atom is -0.439 e. The van der Waals surface area contributed by atoms with Crippen LogP contribution in [0.2, 0.25) is 0 Å². The fourth-order valence-corrected chi connectivity index (χ4v) is 3.97. The van der Waals surface area contributed by atoms with Crippen molar-refractivity contribution in [3.63, 3.8) is 0 Å². The van der Waals surface area contributed by atoms with Crippen LogP contribution in [0.1, 0.15) is 38.2 Å². The molecule has 0 radical (unpaired) electrons. The summed E-state index contributed by atoms with van der Waals surface area (Å²) in [5, 5.41) is 15.2. The third kappa shape index (κ3) is 5.32. The van der Waals surface area contributed by atoms with Crippen LogP contribution in [0.4, 0.5) is 4.39 Å². The Kier molecular flexibility index (Phi) is 6.68. The first-order valence-corrected chi connectivity index (χ1v) is 11.0. The van der Waals surface area contributed by atoms with Crippen LogP contribution in [0.15, 0.2) is 54.6 Å². The quantitative estimate of drug-likeness (QED) is 0.490. The maximum Gasteiger partial charge on any atom is 0.222 e. The zero-order valence-corrected chi connectivity index (χ0v) is 18.2. The van der Waals surface area contributed by atoms with Crippen molar-refractivity contribution in [3.05, 3.63) is 66.0 Å². The molecule has 1 heterocycles. The largest absolute Gasteiger partial charge is 0.439 e. The average Bonchev–Trinajstić information content (AvgIpc) is 3.56. The Bertz CT molecular complexity index is 1000. The number of aryl methyl sites for hydroxylation is 1. The lowest BCUT2D eigenvalue weighted by Gasteiger charge is -2.25. The number of nitrogens with zero attached hydrogens (tertiary/aromatic N) is 3. The Morgan fingerprint density at radius 3 is 2.65 bits per heavy atom. The van der Waals surface area contributed by atoms with Gasteiger partial charge in [0.2, 0.25) is 5.88 Å². The van der Waals surface area contributed by atoms with Gasteiger partial charge in [-0.15, -0.1) is 0 Å². The van der Waals surface area contributed by atoms with E-state index in [9.17, 15) is 9.50 Å². The molecule has 0 saturated heterocycles. The maximum absolute atomic E-state index is 13.7. The average molecular weight is 424 g/mol. The van der Waals surface area contributed by atoms with E-state index in [4.69, 9.17) is 9.84 Å². The van der Waals surface area contributed by atoms with E-state index in [1.807, 2.05) is 37.4 Å². The summed E-state index contributed by atoms with van der Waals surface area (Å²) in [4.78, 5) is 2.34. The van der Waals surface area contributed by atoms with Gasteiger partial charge in [0, 0.05) is 37.8 Å². The maximum atomic E-state index is 13.7. The molecular weight excluding hydrogens is 393 g/mol. The molecule has 0 amide bonds. The van der Waals surface area contributed by atoms with E-state index in [0.29, 0.717) is 30.8 Å². The summed E-state index contributed by atoms with van der Waals surface area (Å²) >= 11 is 0.